The van der Waals surface area contributed by atoms with Gasteiger partial charge in [-0.3, -0.25) is 4.79 Å². The van der Waals surface area contributed by atoms with Gasteiger partial charge in [0.25, 0.3) is 0 Å². The van der Waals surface area contributed by atoms with Gasteiger partial charge < -0.3 is 5.32 Å². The molecule has 0 saturated heterocycles. The molecule has 0 radical (unpaired) electrons. The number of amides is 1. The summed E-state index contributed by atoms with van der Waals surface area (Å²) < 4.78 is 0. The average molecular weight is 193 g/mol. The third-order valence-electron chi connectivity index (χ3n) is 1.59. The van der Waals surface area contributed by atoms with E-state index in [2.05, 4.69) is 31.0 Å². The van der Waals surface area contributed by atoms with Crippen LogP contribution in [0.4, 0.5) is 0 Å². The predicted octanol–water partition coefficient (Wildman–Crippen LogP) is 2.59. The molecule has 0 saturated carbocycles. The first-order valence-corrected chi connectivity index (χ1v) is 5.01. The largest absolute Gasteiger partial charge is 0.349 e. The van der Waals surface area contributed by atoms with Crippen LogP contribution in [-0.4, -0.2) is 12.5 Å². The van der Waals surface area contributed by atoms with Gasteiger partial charge in [0, 0.05) is 6.54 Å². The Labute approximate surface area is 86.4 Å². The van der Waals surface area contributed by atoms with Gasteiger partial charge >= 0.3 is 0 Å². The standard InChI is InChI=1S/C12H19NO/c1-3-5-6-7-8-9-10-12(14)13-11-4-2/h4-6,9-10H,2-3,7-8,11H2,1H3,(H,13,14)/b6-5-,10-9+. The third-order valence-corrected chi connectivity index (χ3v) is 1.59. The molecule has 0 aromatic rings. The molecular weight excluding hydrogens is 174 g/mol. The Bertz CT molecular complexity index is 216. The van der Waals surface area contributed by atoms with E-state index < -0.39 is 0 Å². The number of rotatable bonds is 7. The van der Waals surface area contributed by atoms with Crippen molar-refractivity contribution in [3.8, 4) is 0 Å². The average Bonchev–Trinajstić information content (AvgIpc) is 2.20. The predicted molar refractivity (Wildman–Crippen MR) is 61.0 cm³/mol. The van der Waals surface area contributed by atoms with Crippen molar-refractivity contribution in [2.24, 2.45) is 0 Å². The number of unbranched alkanes of at least 4 members (excludes halogenated alkanes) is 1. The SMILES string of the molecule is C=CCNC(=O)/C=C/CC/C=C\CC. The monoisotopic (exact) mass is 193 g/mol. The zero-order valence-electron chi connectivity index (χ0n) is 8.83. The summed E-state index contributed by atoms with van der Waals surface area (Å²) in [6, 6.07) is 0. The van der Waals surface area contributed by atoms with Gasteiger partial charge in [-0.15, -0.1) is 6.58 Å². The molecule has 14 heavy (non-hydrogen) atoms. The molecule has 2 nitrogen and oxygen atoms in total. The number of hydrogen-bond acceptors (Lipinski definition) is 1. The van der Waals surface area contributed by atoms with Crippen LogP contribution in [0.3, 0.4) is 0 Å². The van der Waals surface area contributed by atoms with Gasteiger partial charge in [-0.2, -0.15) is 0 Å². The second kappa shape index (κ2) is 9.78. The maximum absolute atomic E-state index is 11.0. The van der Waals surface area contributed by atoms with Crippen molar-refractivity contribution < 1.29 is 4.79 Å². The summed E-state index contributed by atoms with van der Waals surface area (Å²) in [5, 5.41) is 2.67. The molecule has 78 valence electrons. The van der Waals surface area contributed by atoms with Gasteiger partial charge in [0.2, 0.25) is 5.91 Å². The molecule has 0 spiro atoms. The summed E-state index contributed by atoms with van der Waals surface area (Å²) in [5.41, 5.74) is 0. The van der Waals surface area contributed by atoms with E-state index in [1.54, 1.807) is 12.2 Å². The van der Waals surface area contributed by atoms with Gasteiger partial charge in [0.05, 0.1) is 0 Å². The number of nitrogens with one attached hydrogen (secondary N) is 1. The maximum Gasteiger partial charge on any atom is 0.243 e. The number of allylic oxidation sites excluding steroid dienone is 3. The van der Waals surface area contributed by atoms with E-state index in [9.17, 15) is 4.79 Å². The van der Waals surface area contributed by atoms with Crippen LogP contribution in [0, 0.1) is 0 Å². The summed E-state index contributed by atoms with van der Waals surface area (Å²) in [5.74, 6) is -0.0515. The fraction of sp³-hybridized carbons (Fsp3) is 0.417. The Morgan fingerprint density at radius 1 is 1.29 bits per heavy atom. The van der Waals surface area contributed by atoms with E-state index in [1.165, 1.54) is 0 Å². The highest BCUT2D eigenvalue weighted by Crippen LogP contribution is 1.93. The van der Waals surface area contributed by atoms with Crippen molar-refractivity contribution in [1.29, 1.82) is 0 Å². The van der Waals surface area contributed by atoms with Crippen LogP contribution in [0.25, 0.3) is 0 Å². The van der Waals surface area contributed by atoms with Crippen LogP contribution in [0.1, 0.15) is 26.2 Å². The highest BCUT2D eigenvalue weighted by atomic mass is 16.1. The van der Waals surface area contributed by atoms with E-state index in [0.29, 0.717) is 6.54 Å². The number of carbonyl (C=O) groups excluding carboxylic acids is 1. The van der Waals surface area contributed by atoms with Gasteiger partial charge in [-0.25, -0.2) is 0 Å². The van der Waals surface area contributed by atoms with Crippen molar-refractivity contribution >= 4 is 5.91 Å². The normalized spacial score (nSPS) is 10.9. The minimum atomic E-state index is -0.0515. The molecule has 0 rings (SSSR count). The molecule has 0 unspecified atom stereocenters. The molecule has 0 aromatic heterocycles. The number of carbonyl (C=O) groups is 1. The van der Waals surface area contributed by atoms with Crippen molar-refractivity contribution in [1.82, 2.24) is 5.32 Å². The smallest absolute Gasteiger partial charge is 0.243 e. The van der Waals surface area contributed by atoms with Crippen LogP contribution in [0.15, 0.2) is 37.0 Å². The molecule has 1 N–H and O–H groups in total. The molecule has 0 heterocycles. The minimum Gasteiger partial charge on any atom is -0.349 e. The summed E-state index contributed by atoms with van der Waals surface area (Å²) in [4.78, 5) is 11.0. The number of hydrogen-bond donors (Lipinski definition) is 1. The maximum atomic E-state index is 11.0. The van der Waals surface area contributed by atoms with E-state index in [1.807, 2.05) is 6.08 Å². The lowest BCUT2D eigenvalue weighted by molar-refractivity contribution is -0.116. The second-order valence-electron chi connectivity index (χ2n) is 2.89. The second-order valence-corrected chi connectivity index (χ2v) is 2.89. The molecule has 2 heteroatoms. The Morgan fingerprint density at radius 2 is 2.00 bits per heavy atom. The van der Waals surface area contributed by atoms with E-state index in [0.717, 1.165) is 19.3 Å². The van der Waals surface area contributed by atoms with E-state index in [-0.39, 0.29) is 5.91 Å². The van der Waals surface area contributed by atoms with Gasteiger partial charge in [-0.05, 0) is 25.3 Å². The summed E-state index contributed by atoms with van der Waals surface area (Å²) >= 11 is 0. The Hall–Kier alpha value is -1.31. The van der Waals surface area contributed by atoms with E-state index >= 15 is 0 Å². The first kappa shape index (κ1) is 12.7. The van der Waals surface area contributed by atoms with Gasteiger partial charge in [-0.1, -0.05) is 31.2 Å². The van der Waals surface area contributed by atoms with Crippen LogP contribution in [0.5, 0.6) is 0 Å². The molecule has 0 fully saturated rings. The molecule has 0 atom stereocenters. The fourth-order valence-electron chi connectivity index (χ4n) is 0.899. The Kier molecular flexibility index (Phi) is 8.86. The quantitative estimate of drug-likeness (QED) is 0.376. The molecule has 0 aliphatic heterocycles. The summed E-state index contributed by atoms with van der Waals surface area (Å²) in [7, 11) is 0. The zero-order chi connectivity index (χ0) is 10.6. The first-order chi connectivity index (χ1) is 6.81. The van der Waals surface area contributed by atoms with Crippen LogP contribution >= 0.6 is 0 Å². The van der Waals surface area contributed by atoms with Crippen molar-refractivity contribution in [3.63, 3.8) is 0 Å². The molecule has 0 aromatic carbocycles. The summed E-state index contributed by atoms with van der Waals surface area (Å²) in [6.45, 7) is 6.15. The Balaban J connectivity index is 3.46. The molecular formula is C12H19NO. The van der Waals surface area contributed by atoms with Crippen LogP contribution < -0.4 is 5.32 Å². The lowest BCUT2D eigenvalue weighted by atomic mass is 10.2. The van der Waals surface area contributed by atoms with Crippen molar-refractivity contribution in [3.05, 3.63) is 37.0 Å². The topological polar surface area (TPSA) is 29.1 Å². The van der Waals surface area contributed by atoms with Crippen LogP contribution in [-0.2, 0) is 4.79 Å². The van der Waals surface area contributed by atoms with Crippen molar-refractivity contribution in [2.75, 3.05) is 6.54 Å². The molecule has 0 bridgehead atoms. The highest BCUT2D eigenvalue weighted by Gasteiger charge is 1.89. The zero-order valence-corrected chi connectivity index (χ0v) is 8.83. The Morgan fingerprint density at radius 3 is 2.64 bits per heavy atom. The molecule has 1 amide bonds. The third kappa shape index (κ3) is 8.78. The minimum absolute atomic E-state index is 0.0515. The highest BCUT2D eigenvalue weighted by molar-refractivity contribution is 5.87. The van der Waals surface area contributed by atoms with Gasteiger partial charge in [0.15, 0.2) is 0 Å². The molecule has 0 aliphatic rings. The van der Waals surface area contributed by atoms with Gasteiger partial charge in [0.1, 0.15) is 0 Å². The fourth-order valence-corrected chi connectivity index (χ4v) is 0.899. The summed E-state index contributed by atoms with van der Waals surface area (Å²) in [6.07, 6.45) is 12.4. The molecule has 0 aliphatic carbocycles. The lowest BCUT2D eigenvalue weighted by Gasteiger charge is -1.94. The van der Waals surface area contributed by atoms with E-state index in [4.69, 9.17) is 0 Å². The van der Waals surface area contributed by atoms with Crippen molar-refractivity contribution in [2.45, 2.75) is 26.2 Å². The lowest BCUT2D eigenvalue weighted by Crippen LogP contribution is -2.20. The first-order valence-electron chi connectivity index (χ1n) is 5.01. The van der Waals surface area contributed by atoms with Crippen LogP contribution in [0.2, 0.25) is 0 Å².